The molecular weight excluding hydrogens is 383 g/mol. The van der Waals surface area contributed by atoms with E-state index in [2.05, 4.69) is 42.5 Å². The SMILES string of the molecule is CCOP(=O)(CCc1ccc2c(c1)sc1c3ccccc3sc21)OCC. The van der Waals surface area contributed by atoms with Gasteiger partial charge in [0.2, 0.25) is 0 Å². The van der Waals surface area contributed by atoms with Crippen molar-refractivity contribution in [2.24, 2.45) is 0 Å². The first-order valence-corrected chi connectivity index (χ1v) is 12.2. The molecule has 4 aromatic rings. The highest BCUT2D eigenvalue weighted by Gasteiger charge is 2.23. The van der Waals surface area contributed by atoms with Gasteiger partial charge in [-0.1, -0.05) is 30.3 Å². The maximum absolute atomic E-state index is 12.7. The van der Waals surface area contributed by atoms with Crippen molar-refractivity contribution in [3.8, 4) is 0 Å². The molecule has 0 radical (unpaired) electrons. The smallest absolute Gasteiger partial charge is 0.309 e. The summed E-state index contributed by atoms with van der Waals surface area (Å²) >= 11 is 3.71. The Kier molecular flexibility index (Phi) is 5.18. The van der Waals surface area contributed by atoms with E-state index in [0.717, 1.165) is 0 Å². The highest BCUT2D eigenvalue weighted by Crippen LogP contribution is 2.49. The molecular formula is C20H21O3PS2. The van der Waals surface area contributed by atoms with E-state index in [1.807, 2.05) is 36.5 Å². The molecule has 0 unspecified atom stereocenters. The third-order valence-electron chi connectivity index (χ3n) is 4.38. The van der Waals surface area contributed by atoms with Gasteiger partial charge in [-0.2, -0.15) is 0 Å². The number of thiophene rings is 2. The maximum Gasteiger partial charge on any atom is 0.330 e. The Morgan fingerprint density at radius 2 is 1.54 bits per heavy atom. The third kappa shape index (κ3) is 3.35. The van der Waals surface area contributed by atoms with Crippen molar-refractivity contribution in [1.29, 1.82) is 0 Å². The molecule has 0 amide bonds. The topological polar surface area (TPSA) is 35.5 Å². The largest absolute Gasteiger partial charge is 0.330 e. The molecule has 0 atom stereocenters. The molecule has 0 saturated heterocycles. The van der Waals surface area contributed by atoms with Crippen LogP contribution in [0.3, 0.4) is 0 Å². The molecule has 0 N–H and O–H groups in total. The summed E-state index contributed by atoms with van der Waals surface area (Å²) in [5.41, 5.74) is 1.18. The second kappa shape index (κ2) is 7.41. The number of benzene rings is 2. The van der Waals surface area contributed by atoms with Crippen LogP contribution in [0.4, 0.5) is 0 Å². The summed E-state index contributed by atoms with van der Waals surface area (Å²) in [5, 5.41) is 2.65. The molecule has 2 aromatic carbocycles. The Labute approximate surface area is 161 Å². The van der Waals surface area contributed by atoms with E-state index < -0.39 is 7.60 Å². The predicted octanol–water partition coefficient (Wildman–Crippen LogP) is 7.08. The summed E-state index contributed by atoms with van der Waals surface area (Å²) in [5.74, 6) is 0. The molecule has 3 nitrogen and oxygen atoms in total. The molecule has 4 rings (SSSR count). The minimum atomic E-state index is -2.99. The van der Waals surface area contributed by atoms with Crippen LogP contribution >= 0.6 is 30.3 Å². The molecule has 0 aliphatic heterocycles. The molecule has 0 fully saturated rings. The third-order valence-corrected chi connectivity index (χ3v) is 8.97. The van der Waals surface area contributed by atoms with E-state index in [1.54, 1.807) is 0 Å². The predicted molar refractivity (Wildman–Crippen MR) is 114 cm³/mol. The lowest BCUT2D eigenvalue weighted by Crippen LogP contribution is -2.02. The van der Waals surface area contributed by atoms with Gasteiger partial charge in [-0.15, -0.1) is 22.7 Å². The monoisotopic (exact) mass is 404 g/mol. The number of rotatable bonds is 7. The van der Waals surface area contributed by atoms with Crippen molar-refractivity contribution < 1.29 is 13.6 Å². The molecule has 0 saturated carbocycles. The molecule has 26 heavy (non-hydrogen) atoms. The Morgan fingerprint density at radius 3 is 2.27 bits per heavy atom. The van der Waals surface area contributed by atoms with E-state index in [9.17, 15) is 4.57 Å². The highest BCUT2D eigenvalue weighted by molar-refractivity contribution is 7.53. The van der Waals surface area contributed by atoms with Gasteiger partial charge >= 0.3 is 7.60 Å². The summed E-state index contributed by atoms with van der Waals surface area (Å²) in [7, 11) is -2.99. The van der Waals surface area contributed by atoms with E-state index in [4.69, 9.17) is 9.05 Å². The van der Waals surface area contributed by atoms with E-state index in [0.29, 0.717) is 25.8 Å². The first-order valence-electron chi connectivity index (χ1n) is 8.84. The fourth-order valence-electron chi connectivity index (χ4n) is 3.23. The van der Waals surface area contributed by atoms with E-state index in [-0.39, 0.29) is 0 Å². The zero-order valence-electron chi connectivity index (χ0n) is 14.9. The highest BCUT2D eigenvalue weighted by atomic mass is 32.1. The van der Waals surface area contributed by atoms with Gasteiger partial charge in [0.05, 0.1) is 28.8 Å². The van der Waals surface area contributed by atoms with Gasteiger partial charge in [0.1, 0.15) is 0 Å². The summed E-state index contributed by atoms with van der Waals surface area (Å²) in [6.07, 6.45) is 1.11. The molecule has 2 heterocycles. The average molecular weight is 404 g/mol. The van der Waals surface area contributed by atoms with Crippen LogP contribution in [0.25, 0.3) is 29.6 Å². The van der Waals surface area contributed by atoms with Crippen molar-refractivity contribution in [3.63, 3.8) is 0 Å². The van der Waals surface area contributed by atoms with Crippen LogP contribution in [0.2, 0.25) is 0 Å². The number of hydrogen-bond donors (Lipinski definition) is 0. The Hall–Kier alpha value is -1.23. The number of fused-ring (bicyclic) bond motifs is 5. The zero-order valence-corrected chi connectivity index (χ0v) is 17.4. The summed E-state index contributed by atoms with van der Waals surface area (Å²) in [6, 6.07) is 15.1. The second-order valence-corrected chi connectivity index (χ2v) is 10.4. The molecule has 0 spiro atoms. The molecule has 0 aliphatic rings. The van der Waals surface area contributed by atoms with E-state index >= 15 is 0 Å². The van der Waals surface area contributed by atoms with Crippen LogP contribution in [0.15, 0.2) is 42.5 Å². The summed E-state index contributed by atoms with van der Waals surface area (Å²) in [6.45, 7) is 4.51. The molecule has 6 heteroatoms. The first-order chi connectivity index (χ1) is 12.6. The Morgan fingerprint density at radius 1 is 0.885 bits per heavy atom. The zero-order chi connectivity index (χ0) is 18.1. The van der Waals surface area contributed by atoms with Crippen LogP contribution < -0.4 is 0 Å². The lowest BCUT2D eigenvalue weighted by atomic mass is 10.1. The lowest BCUT2D eigenvalue weighted by molar-refractivity contribution is 0.220. The van der Waals surface area contributed by atoms with Gasteiger partial charge in [0.15, 0.2) is 0 Å². The molecule has 136 valence electrons. The number of aryl methyl sites for hydroxylation is 1. The first kappa shape index (κ1) is 18.1. The summed E-state index contributed by atoms with van der Waals surface area (Å²) in [4.78, 5) is 0. The summed E-state index contributed by atoms with van der Waals surface area (Å²) < 4.78 is 28.8. The fourth-order valence-corrected chi connectivity index (χ4v) is 7.60. The average Bonchev–Trinajstić information content (AvgIpc) is 3.16. The maximum atomic E-state index is 12.7. The van der Waals surface area contributed by atoms with Crippen LogP contribution in [0.5, 0.6) is 0 Å². The van der Waals surface area contributed by atoms with Gasteiger partial charge in [-0.25, -0.2) is 0 Å². The van der Waals surface area contributed by atoms with Crippen LogP contribution in [0.1, 0.15) is 19.4 Å². The minimum Gasteiger partial charge on any atom is -0.309 e. The quantitative estimate of drug-likeness (QED) is 0.309. The van der Waals surface area contributed by atoms with Gasteiger partial charge < -0.3 is 9.05 Å². The van der Waals surface area contributed by atoms with Crippen LogP contribution in [-0.4, -0.2) is 19.4 Å². The van der Waals surface area contributed by atoms with Crippen LogP contribution in [0, 0.1) is 0 Å². The number of hydrogen-bond acceptors (Lipinski definition) is 5. The van der Waals surface area contributed by atoms with Crippen molar-refractivity contribution in [3.05, 3.63) is 48.0 Å². The molecule has 0 bridgehead atoms. The molecule has 2 aromatic heterocycles. The Balaban J connectivity index is 1.65. The van der Waals surface area contributed by atoms with Crippen molar-refractivity contribution in [1.82, 2.24) is 0 Å². The van der Waals surface area contributed by atoms with Gasteiger partial charge in [-0.3, -0.25) is 4.57 Å². The van der Waals surface area contributed by atoms with Gasteiger partial charge in [0, 0.05) is 20.2 Å². The Bertz CT molecular complexity index is 1100. The van der Waals surface area contributed by atoms with Crippen LogP contribution in [-0.2, 0) is 20.0 Å². The van der Waals surface area contributed by atoms with Gasteiger partial charge in [0.25, 0.3) is 0 Å². The minimum absolute atomic E-state index is 0.407. The van der Waals surface area contributed by atoms with Gasteiger partial charge in [-0.05, 0) is 38.0 Å². The van der Waals surface area contributed by atoms with E-state index in [1.165, 1.54) is 35.1 Å². The standard InChI is InChI=1S/C20H21O3PS2/c1-3-22-24(21,23-4-2)12-11-14-9-10-16-18(13-14)26-19-15-7-5-6-8-17(15)25-20(16)19/h5-10,13H,3-4,11-12H2,1-2H3. The molecule has 0 aliphatic carbocycles. The second-order valence-electron chi connectivity index (χ2n) is 6.11. The van der Waals surface area contributed by atoms with Crippen molar-refractivity contribution >= 4 is 59.8 Å². The van der Waals surface area contributed by atoms with Crippen molar-refractivity contribution in [2.45, 2.75) is 20.3 Å². The normalized spacial score (nSPS) is 12.5. The van der Waals surface area contributed by atoms with Crippen molar-refractivity contribution in [2.75, 3.05) is 19.4 Å². The fraction of sp³-hybridized carbons (Fsp3) is 0.300. The lowest BCUT2D eigenvalue weighted by Gasteiger charge is -2.16.